The fourth-order valence-electron chi connectivity index (χ4n) is 2.63. The molecule has 0 aliphatic carbocycles. The van der Waals surface area contributed by atoms with Gasteiger partial charge in [-0.1, -0.05) is 48.0 Å². The molecule has 0 aromatic heterocycles. The van der Waals surface area contributed by atoms with Gasteiger partial charge in [-0.15, -0.1) is 0 Å². The van der Waals surface area contributed by atoms with E-state index in [1.807, 2.05) is 49.3 Å². The highest BCUT2D eigenvalue weighted by Crippen LogP contribution is 2.22. The summed E-state index contributed by atoms with van der Waals surface area (Å²) in [6.45, 7) is 0.994. The minimum atomic E-state index is -0.657. The normalized spacial score (nSPS) is 13.3. The molecule has 0 spiro atoms. The van der Waals surface area contributed by atoms with Crippen LogP contribution in [0.25, 0.3) is 0 Å². The highest BCUT2D eigenvalue weighted by Gasteiger charge is 2.22. The second-order valence-electron chi connectivity index (χ2n) is 6.22. The zero-order valence-electron chi connectivity index (χ0n) is 14.4. The van der Waals surface area contributed by atoms with Crippen molar-refractivity contribution >= 4 is 23.3 Å². The Balaban J connectivity index is 1.96. The largest absolute Gasteiger partial charge is 0.388 e. The third-order valence-electron chi connectivity index (χ3n) is 3.79. The van der Waals surface area contributed by atoms with Gasteiger partial charge in [0.25, 0.3) is 0 Å². The first-order chi connectivity index (χ1) is 12.0. The second-order valence-corrected chi connectivity index (χ2v) is 6.66. The monoisotopic (exact) mass is 361 g/mol. The van der Waals surface area contributed by atoms with Gasteiger partial charge in [0.1, 0.15) is 0 Å². The van der Waals surface area contributed by atoms with Crippen LogP contribution >= 0.6 is 11.6 Å². The van der Waals surface area contributed by atoms with Crippen LogP contribution in [0.4, 0.5) is 10.5 Å². The van der Waals surface area contributed by atoms with Gasteiger partial charge < -0.3 is 20.6 Å². The maximum atomic E-state index is 12.1. The van der Waals surface area contributed by atoms with E-state index in [-0.39, 0.29) is 11.9 Å². The average Bonchev–Trinajstić information content (AvgIpc) is 2.58. The average molecular weight is 362 g/mol. The summed E-state index contributed by atoms with van der Waals surface area (Å²) in [6.07, 6.45) is -0.657. The van der Waals surface area contributed by atoms with Crippen LogP contribution in [0.5, 0.6) is 0 Å². The van der Waals surface area contributed by atoms with Crippen LogP contribution in [0, 0.1) is 5.92 Å². The molecule has 0 fully saturated rings. The molecule has 25 heavy (non-hydrogen) atoms. The van der Waals surface area contributed by atoms with Crippen molar-refractivity contribution in [3.63, 3.8) is 0 Å². The molecule has 6 heteroatoms. The van der Waals surface area contributed by atoms with Crippen molar-refractivity contribution in [2.24, 2.45) is 5.92 Å². The molecular formula is C19H24ClN3O2. The molecule has 2 atom stereocenters. The SMILES string of the molecule is CN(C)C[C@@H](CNC(=O)Nc1cccc(Cl)c1)[C@@H](O)c1ccccc1. The molecule has 0 bridgehead atoms. The molecule has 5 nitrogen and oxygen atoms in total. The standard InChI is InChI=1S/C19H24ClN3O2/c1-23(2)13-15(18(24)14-7-4-3-5-8-14)12-21-19(25)22-17-10-6-9-16(20)11-17/h3-11,15,18,24H,12-13H2,1-2H3,(H2,21,22,25)/t15-,18+/m1/s1. The maximum absolute atomic E-state index is 12.1. The third-order valence-corrected chi connectivity index (χ3v) is 4.03. The number of urea groups is 1. The van der Waals surface area contributed by atoms with Crippen LogP contribution < -0.4 is 10.6 Å². The number of aliphatic hydroxyl groups is 1. The topological polar surface area (TPSA) is 64.6 Å². The van der Waals surface area contributed by atoms with Gasteiger partial charge in [-0.25, -0.2) is 4.79 Å². The maximum Gasteiger partial charge on any atom is 0.319 e. The minimum Gasteiger partial charge on any atom is -0.388 e. The summed E-state index contributed by atoms with van der Waals surface area (Å²) in [5.41, 5.74) is 1.46. The Hall–Kier alpha value is -2.08. The van der Waals surface area contributed by atoms with E-state index in [9.17, 15) is 9.90 Å². The summed E-state index contributed by atoms with van der Waals surface area (Å²) >= 11 is 5.91. The smallest absolute Gasteiger partial charge is 0.319 e. The van der Waals surface area contributed by atoms with Gasteiger partial charge in [0.15, 0.2) is 0 Å². The Morgan fingerprint density at radius 3 is 2.52 bits per heavy atom. The quantitative estimate of drug-likeness (QED) is 0.708. The van der Waals surface area contributed by atoms with Crippen LogP contribution in [0.3, 0.4) is 0 Å². The van der Waals surface area contributed by atoms with E-state index in [4.69, 9.17) is 11.6 Å². The van der Waals surface area contributed by atoms with Gasteiger partial charge >= 0.3 is 6.03 Å². The number of hydrogen-bond acceptors (Lipinski definition) is 3. The Labute approximate surface area is 153 Å². The van der Waals surface area contributed by atoms with E-state index in [1.54, 1.807) is 24.3 Å². The number of hydrogen-bond donors (Lipinski definition) is 3. The zero-order valence-corrected chi connectivity index (χ0v) is 15.2. The molecule has 0 heterocycles. The number of nitrogens with zero attached hydrogens (tertiary/aromatic N) is 1. The number of halogens is 1. The van der Waals surface area contributed by atoms with Gasteiger partial charge in [0, 0.05) is 29.7 Å². The lowest BCUT2D eigenvalue weighted by Gasteiger charge is -2.26. The summed E-state index contributed by atoms with van der Waals surface area (Å²) in [6, 6.07) is 16.1. The van der Waals surface area contributed by atoms with Crippen molar-refractivity contribution in [2.75, 3.05) is 32.5 Å². The number of amides is 2. The van der Waals surface area contributed by atoms with E-state index in [0.717, 1.165) is 5.56 Å². The molecule has 3 N–H and O–H groups in total. The van der Waals surface area contributed by atoms with E-state index in [1.165, 1.54) is 0 Å². The molecule has 134 valence electrons. The number of anilines is 1. The molecular weight excluding hydrogens is 338 g/mol. The molecule has 0 unspecified atom stereocenters. The lowest BCUT2D eigenvalue weighted by Crippen LogP contribution is -2.39. The third kappa shape index (κ3) is 6.38. The highest BCUT2D eigenvalue weighted by atomic mass is 35.5. The van der Waals surface area contributed by atoms with Gasteiger partial charge in [-0.2, -0.15) is 0 Å². The first kappa shape index (κ1) is 19.2. The predicted octanol–water partition coefficient (Wildman–Crippen LogP) is 3.37. The summed E-state index contributed by atoms with van der Waals surface area (Å²) < 4.78 is 0. The van der Waals surface area contributed by atoms with E-state index >= 15 is 0 Å². The molecule has 2 aromatic rings. The summed E-state index contributed by atoms with van der Waals surface area (Å²) in [5.74, 6) is -0.137. The molecule has 2 aromatic carbocycles. The number of aliphatic hydroxyl groups excluding tert-OH is 1. The van der Waals surface area contributed by atoms with E-state index < -0.39 is 6.10 Å². The number of carbonyl (C=O) groups is 1. The second kappa shape index (κ2) is 9.42. The number of benzene rings is 2. The van der Waals surface area contributed by atoms with E-state index in [0.29, 0.717) is 23.8 Å². The lowest BCUT2D eigenvalue weighted by molar-refractivity contribution is 0.0911. The molecule has 2 rings (SSSR count). The van der Waals surface area contributed by atoms with Crippen molar-refractivity contribution < 1.29 is 9.90 Å². The van der Waals surface area contributed by atoms with Crippen LogP contribution in [-0.4, -0.2) is 43.2 Å². The molecule has 0 saturated carbocycles. The minimum absolute atomic E-state index is 0.137. The van der Waals surface area contributed by atoms with Crippen molar-refractivity contribution in [3.05, 3.63) is 65.2 Å². The van der Waals surface area contributed by atoms with Gasteiger partial charge in [0.05, 0.1) is 6.10 Å². The van der Waals surface area contributed by atoms with Crippen molar-refractivity contribution in [3.8, 4) is 0 Å². The molecule has 0 aliphatic rings. The zero-order chi connectivity index (χ0) is 18.2. The molecule has 0 saturated heterocycles. The Bertz CT molecular complexity index is 679. The predicted molar refractivity (Wildman–Crippen MR) is 102 cm³/mol. The molecule has 0 radical (unpaired) electrons. The summed E-state index contributed by atoms with van der Waals surface area (Å²) in [4.78, 5) is 14.1. The van der Waals surface area contributed by atoms with Crippen LogP contribution in [-0.2, 0) is 0 Å². The van der Waals surface area contributed by atoms with E-state index in [2.05, 4.69) is 10.6 Å². The Kier molecular flexibility index (Phi) is 7.25. The number of rotatable bonds is 7. The van der Waals surface area contributed by atoms with Crippen molar-refractivity contribution in [1.82, 2.24) is 10.2 Å². The highest BCUT2D eigenvalue weighted by molar-refractivity contribution is 6.30. The fourth-order valence-corrected chi connectivity index (χ4v) is 2.82. The van der Waals surface area contributed by atoms with Gasteiger partial charge in [0.2, 0.25) is 0 Å². The van der Waals surface area contributed by atoms with Crippen LogP contribution in [0.15, 0.2) is 54.6 Å². The Morgan fingerprint density at radius 1 is 1.16 bits per heavy atom. The van der Waals surface area contributed by atoms with Crippen LogP contribution in [0.1, 0.15) is 11.7 Å². The van der Waals surface area contributed by atoms with Crippen LogP contribution in [0.2, 0.25) is 5.02 Å². The van der Waals surface area contributed by atoms with Gasteiger partial charge in [-0.05, 0) is 37.9 Å². The first-order valence-electron chi connectivity index (χ1n) is 8.14. The summed E-state index contributed by atoms with van der Waals surface area (Å²) in [5, 5.41) is 16.8. The number of nitrogens with one attached hydrogen (secondary N) is 2. The molecule has 0 aliphatic heterocycles. The number of carbonyl (C=O) groups excluding carboxylic acids is 1. The summed E-state index contributed by atoms with van der Waals surface area (Å²) in [7, 11) is 3.88. The van der Waals surface area contributed by atoms with Crippen molar-refractivity contribution in [1.29, 1.82) is 0 Å². The lowest BCUT2D eigenvalue weighted by atomic mass is 9.95. The first-order valence-corrected chi connectivity index (χ1v) is 8.51. The Morgan fingerprint density at radius 2 is 1.88 bits per heavy atom. The van der Waals surface area contributed by atoms with Crippen molar-refractivity contribution in [2.45, 2.75) is 6.10 Å². The van der Waals surface area contributed by atoms with Gasteiger partial charge in [-0.3, -0.25) is 0 Å². The fraction of sp³-hybridized carbons (Fsp3) is 0.316. The molecule has 2 amide bonds.